The number of benzene rings is 2. The Bertz CT molecular complexity index is 945. The molecule has 0 bridgehead atoms. The molecule has 0 aliphatic carbocycles. The number of nitro groups is 1. The molecule has 0 spiro atoms. The second-order valence-electron chi connectivity index (χ2n) is 6.78. The molecule has 1 aliphatic rings. The van der Waals surface area contributed by atoms with E-state index in [0.717, 1.165) is 24.8 Å². The topological polar surface area (TPSA) is 105 Å². The predicted molar refractivity (Wildman–Crippen MR) is 113 cm³/mol. The molecule has 0 unspecified atom stereocenters. The summed E-state index contributed by atoms with van der Waals surface area (Å²) in [5.74, 6) is -0.902. The van der Waals surface area contributed by atoms with Crippen molar-refractivity contribution in [1.29, 1.82) is 0 Å². The standard InChI is InChI=1S/C20H21ClN4O5/c1-23(20(27)14-2-7-17(21)18(12-14)25(28)29)13-19(26)22-15-3-5-16(6-4-15)24-8-10-30-11-9-24/h2-7,12H,8-11,13H2,1H3,(H,22,26). The largest absolute Gasteiger partial charge is 0.378 e. The quantitative estimate of drug-likeness (QED) is 0.556. The molecule has 1 N–H and O–H groups in total. The van der Waals surface area contributed by atoms with Crippen LogP contribution in [0.4, 0.5) is 17.1 Å². The Morgan fingerprint density at radius 2 is 1.87 bits per heavy atom. The third kappa shape index (κ3) is 5.25. The van der Waals surface area contributed by atoms with E-state index in [1.807, 2.05) is 12.1 Å². The number of hydrogen-bond acceptors (Lipinski definition) is 6. The van der Waals surface area contributed by atoms with Crippen LogP contribution < -0.4 is 10.2 Å². The van der Waals surface area contributed by atoms with Crippen molar-refractivity contribution in [3.63, 3.8) is 0 Å². The zero-order valence-electron chi connectivity index (χ0n) is 16.3. The fourth-order valence-electron chi connectivity index (χ4n) is 3.07. The van der Waals surface area contributed by atoms with Crippen LogP contribution in [-0.4, -0.2) is 61.5 Å². The Labute approximate surface area is 178 Å². The Balaban J connectivity index is 1.58. The molecule has 0 atom stereocenters. The minimum atomic E-state index is -0.660. The van der Waals surface area contributed by atoms with E-state index in [4.69, 9.17) is 16.3 Å². The van der Waals surface area contributed by atoms with E-state index in [-0.39, 0.29) is 28.7 Å². The third-order valence-corrected chi connectivity index (χ3v) is 4.96. The number of carbonyl (C=O) groups excluding carboxylic acids is 2. The summed E-state index contributed by atoms with van der Waals surface area (Å²) in [7, 11) is 1.45. The fraction of sp³-hybridized carbons (Fsp3) is 0.300. The van der Waals surface area contributed by atoms with Crippen LogP contribution in [-0.2, 0) is 9.53 Å². The van der Waals surface area contributed by atoms with Gasteiger partial charge in [0, 0.05) is 43.1 Å². The SMILES string of the molecule is CN(CC(=O)Nc1ccc(N2CCOCC2)cc1)C(=O)c1ccc(Cl)c([N+](=O)[O-])c1. The number of nitrogens with one attached hydrogen (secondary N) is 1. The van der Waals surface area contributed by atoms with Crippen molar-refractivity contribution in [3.05, 3.63) is 63.2 Å². The van der Waals surface area contributed by atoms with Crippen molar-refractivity contribution < 1.29 is 19.2 Å². The summed E-state index contributed by atoms with van der Waals surface area (Å²) in [6.07, 6.45) is 0. The molecule has 3 rings (SSSR count). The number of ether oxygens (including phenoxy) is 1. The Kier molecular flexibility index (Phi) is 6.86. The van der Waals surface area contributed by atoms with Crippen molar-refractivity contribution in [2.75, 3.05) is 50.1 Å². The van der Waals surface area contributed by atoms with Gasteiger partial charge in [-0.3, -0.25) is 19.7 Å². The molecule has 2 aromatic rings. The van der Waals surface area contributed by atoms with Crippen LogP contribution in [0.5, 0.6) is 0 Å². The van der Waals surface area contributed by atoms with Gasteiger partial charge in [-0.25, -0.2) is 0 Å². The molecule has 158 valence electrons. The summed E-state index contributed by atoms with van der Waals surface area (Å²) in [5.41, 5.74) is 1.38. The van der Waals surface area contributed by atoms with E-state index < -0.39 is 10.8 Å². The molecule has 2 aromatic carbocycles. The van der Waals surface area contributed by atoms with E-state index in [1.165, 1.54) is 24.1 Å². The molecule has 1 fully saturated rings. The van der Waals surface area contributed by atoms with Gasteiger partial charge in [0.2, 0.25) is 5.91 Å². The Morgan fingerprint density at radius 3 is 2.50 bits per heavy atom. The first kappa shape index (κ1) is 21.5. The molecule has 1 saturated heterocycles. The van der Waals surface area contributed by atoms with Crippen molar-refractivity contribution in [2.45, 2.75) is 0 Å². The number of nitrogens with zero attached hydrogens (tertiary/aromatic N) is 3. The summed E-state index contributed by atoms with van der Waals surface area (Å²) in [6, 6.07) is 11.2. The summed E-state index contributed by atoms with van der Waals surface area (Å²) in [6.45, 7) is 2.81. The van der Waals surface area contributed by atoms with Gasteiger partial charge < -0.3 is 19.9 Å². The van der Waals surface area contributed by atoms with E-state index in [2.05, 4.69) is 10.2 Å². The smallest absolute Gasteiger partial charge is 0.288 e. The second-order valence-corrected chi connectivity index (χ2v) is 7.19. The second kappa shape index (κ2) is 9.55. The van der Waals surface area contributed by atoms with E-state index >= 15 is 0 Å². The van der Waals surface area contributed by atoms with E-state index in [1.54, 1.807) is 12.1 Å². The molecule has 30 heavy (non-hydrogen) atoms. The highest BCUT2D eigenvalue weighted by atomic mass is 35.5. The van der Waals surface area contributed by atoms with Gasteiger partial charge in [0.1, 0.15) is 5.02 Å². The number of nitro benzene ring substituents is 1. The summed E-state index contributed by atoms with van der Waals surface area (Å²) < 4.78 is 5.34. The van der Waals surface area contributed by atoms with Gasteiger partial charge in [-0.05, 0) is 36.4 Å². The van der Waals surface area contributed by atoms with Crippen LogP contribution in [0.3, 0.4) is 0 Å². The lowest BCUT2D eigenvalue weighted by Crippen LogP contribution is -2.36. The highest BCUT2D eigenvalue weighted by molar-refractivity contribution is 6.32. The van der Waals surface area contributed by atoms with Crippen LogP contribution in [0.1, 0.15) is 10.4 Å². The number of halogens is 1. The average molecular weight is 433 g/mol. The van der Waals surface area contributed by atoms with Crippen LogP contribution in [0, 0.1) is 10.1 Å². The lowest BCUT2D eigenvalue weighted by molar-refractivity contribution is -0.384. The number of likely N-dealkylation sites (N-methyl/N-ethyl adjacent to an activating group) is 1. The van der Waals surface area contributed by atoms with Crippen molar-refractivity contribution >= 4 is 40.5 Å². The number of rotatable bonds is 6. The zero-order chi connectivity index (χ0) is 21.7. The van der Waals surface area contributed by atoms with Crippen LogP contribution in [0.25, 0.3) is 0 Å². The number of morpholine rings is 1. The highest BCUT2D eigenvalue weighted by Gasteiger charge is 2.20. The highest BCUT2D eigenvalue weighted by Crippen LogP contribution is 2.25. The Hall–Kier alpha value is -3.17. The summed E-state index contributed by atoms with van der Waals surface area (Å²) >= 11 is 5.77. The maximum atomic E-state index is 12.5. The maximum absolute atomic E-state index is 12.5. The summed E-state index contributed by atoms with van der Waals surface area (Å²) in [4.78, 5) is 38.5. The lowest BCUT2D eigenvalue weighted by atomic mass is 10.2. The van der Waals surface area contributed by atoms with Crippen LogP contribution in [0.2, 0.25) is 5.02 Å². The van der Waals surface area contributed by atoms with Gasteiger partial charge in [0.25, 0.3) is 11.6 Å². The summed E-state index contributed by atoms with van der Waals surface area (Å²) in [5, 5.41) is 13.7. The van der Waals surface area contributed by atoms with E-state index in [9.17, 15) is 19.7 Å². The van der Waals surface area contributed by atoms with Crippen molar-refractivity contribution in [2.24, 2.45) is 0 Å². The first-order valence-electron chi connectivity index (χ1n) is 9.27. The molecule has 0 saturated carbocycles. The number of anilines is 2. The average Bonchev–Trinajstić information content (AvgIpc) is 2.74. The minimum Gasteiger partial charge on any atom is -0.378 e. The van der Waals surface area contributed by atoms with Gasteiger partial charge in [0.05, 0.1) is 24.7 Å². The molecule has 1 aliphatic heterocycles. The van der Waals surface area contributed by atoms with E-state index in [0.29, 0.717) is 18.9 Å². The van der Waals surface area contributed by atoms with Crippen molar-refractivity contribution in [3.8, 4) is 0 Å². The maximum Gasteiger partial charge on any atom is 0.288 e. The number of amides is 2. The van der Waals surface area contributed by atoms with Crippen LogP contribution >= 0.6 is 11.6 Å². The van der Waals surface area contributed by atoms with Gasteiger partial charge in [-0.2, -0.15) is 0 Å². The molecule has 9 nitrogen and oxygen atoms in total. The van der Waals surface area contributed by atoms with Gasteiger partial charge in [-0.15, -0.1) is 0 Å². The molecule has 10 heteroatoms. The zero-order valence-corrected chi connectivity index (χ0v) is 17.1. The van der Waals surface area contributed by atoms with Crippen molar-refractivity contribution in [1.82, 2.24) is 4.90 Å². The molecular weight excluding hydrogens is 412 g/mol. The molecule has 0 radical (unpaired) electrons. The predicted octanol–water partition coefficient (Wildman–Crippen LogP) is 2.80. The first-order chi connectivity index (χ1) is 14.3. The third-order valence-electron chi connectivity index (χ3n) is 4.64. The minimum absolute atomic E-state index is 0.0579. The Morgan fingerprint density at radius 1 is 1.20 bits per heavy atom. The lowest BCUT2D eigenvalue weighted by Gasteiger charge is -2.28. The normalized spacial score (nSPS) is 13.6. The van der Waals surface area contributed by atoms with Gasteiger partial charge in [0.15, 0.2) is 0 Å². The molecule has 0 aromatic heterocycles. The monoisotopic (exact) mass is 432 g/mol. The number of carbonyl (C=O) groups is 2. The van der Waals surface area contributed by atoms with Gasteiger partial charge in [-0.1, -0.05) is 11.6 Å². The van der Waals surface area contributed by atoms with Crippen LogP contribution in [0.15, 0.2) is 42.5 Å². The fourth-order valence-corrected chi connectivity index (χ4v) is 3.26. The molecule has 2 amide bonds. The van der Waals surface area contributed by atoms with Gasteiger partial charge >= 0.3 is 0 Å². The number of hydrogen-bond donors (Lipinski definition) is 1. The first-order valence-corrected chi connectivity index (χ1v) is 9.65. The molecule has 1 heterocycles. The molecular formula is C20H21ClN4O5.